The highest BCUT2D eigenvalue weighted by molar-refractivity contribution is 5.26. The van der Waals surface area contributed by atoms with Crippen molar-refractivity contribution in [1.29, 1.82) is 0 Å². The van der Waals surface area contributed by atoms with Gasteiger partial charge in [-0.3, -0.25) is 5.10 Å². The maximum absolute atomic E-state index is 12.3. The number of anilines is 1. The van der Waals surface area contributed by atoms with Crippen molar-refractivity contribution in [3.8, 4) is 0 Å². The first-order valence-electron chi connectivity index (χ1n) is 4.54. The van der Waals surface area contributed by atoms with Crippen molar-refractivity contribution >= 4 is 5.95 Å². The molecule has 0 atom stereocenters. The van der Waals surface area contributed by atoms with Crippen molar-refractivity contribution in [3.05, 3.63) is 30.1 Å². The van der Waals surface area contributed by atoms with Crippen LogP contribution in [-0.2, 0) is 12.7 Å². The summed E-state index contributed by atoms with van der Waals surface area (Å²) < 4.78 is 37.0. The number of nitrogens with one attached hydrogen (secondary N) is 2. The second-order valence-corrected chi connectivity index (χ2v) is 3.05. The number of H-pyrrole nitrogens is 1. The SMILES string of the molecule is FC(F)(F)c1ccnc(NCc2ncn[nH]2)n1. The Kier molecular flexibility index (Phi) is 2.90. The number of aromatic amines is 1. The van der Waals surface area contributed by atoms with Crippen LogP contribution in [0.3, 0.4) is 0 Å². The van der Waals surface area contributed by atoms with E-state index in [-0.39, 0.29) is 12.5 Å². The molecule has 0 spiro atoms. The van der Waals surface area contributed by atoms with Gasteiger partial charge in [0.1, 0.15) is 17.8 Å². The predicted molar refractivity (Wildman–Crippen MR) is 50.7 cm³/mol. The monoisotopic (exact) mass is 244 g/mol. The molecule has 0 saturated carbocycles. The standard InChI is InChI=1S/C8H7F3N6/c9-8(10,11)5-1-2-12-7(16-5)13-3-6-14-4-15-17-6/h1-2,4H,3H2,(H,12,13,16)(H,14,15,17). The summed E-state index contributed by atoms with van der Waals surface area (Å²) in [6.07, 6.45) is -2.14. The van der Waals surface area contributed by atoms with Gasteiger partial charge in [-0.05, 0) is 6.07 Å². The molecule has 17 heavy (non-hydrogen) atoms. The van der Waals surface area contributed by atoms with Gasteiger partial charge in [0.15, 0.2) is 0 Å². The number of hydrogen-bond acceptors (Lipinski definition) is 5. The molecule has 0 unspecified atom stereocenters. The molecule has 0 amide bonds. The zero-order valence-corrected chi connectivity index (χ0v) is 8.36. The second kappa shape index (κ2) is 4.36. The Morgan fingerprint density at radius 1 is 1.29 bits per heavy atom. The highest BCUT2D eigenvalue weighted by Crippen LogP contribution is 2.27. The lowest BCUT2D eigenvalue weighted by atomic mass is 10.4. The lowest BCUT2D eigenvalue weighted by molar-refractivity contribution is -0.141. The number of halogens is 3. The average Bonchev–Trinajstić information content (AvgIpc) is 2.78. The van der Waals surface area contributed by atoms with Gasteiger partial charge in [0.2, 0.25) is 5.95 Å². The molecule has 0 aliphatic carbocycles. The predicted octanol–water partition coefficient (Wildman–Crippen LogP) is 1.23. The Morgan fingerprint density at radius 3 is 2.76 bits per heavy atom. The van der Waals surface area contributed by atoms with Crippen LogP contribution in [0.15, 0.2) is 18.6 Å². The fraction of sp³-hybridized carbons (Fsp3) is 0.250. The Balaban J connectivity index is 2.07. The molecule has 0 bridgehead atoms. The summed E-state index contributed by atoms with van der Waals surface area (Å²) in [6.45, 7) is 0.168. The van der Waals surface area contributed by atoms with E-state index in [9.17, 15) is 13.2 Å². The molecule has 6 nitrogen and oxygen atoms in total. The van der Waals surface area contributed by atoms with Crippen molar-refractivity contribution < 1.29 is 13.2 Å². The van der Waals surface area contributed by atoms with E-state index >= 15 is 0 Å². The van der Waals surface area contributed by atoms with Crippen LogP contribution in [0, 0.1) is 0 Å². The molecule has 0 fully saturated rings. The van der Waals surface area contributed by atoms with Gasteiger partial charge >= 0.3 is 6.18 Å². The van der Waals surface area contributed by atoms with Crippen molar-refractivity contribution in [2.24, 2.45) is 0 Å². The molecular weight excluding hydrogens is 237 g/mol. The first-order valence-corrected chi connectivity index (χ1v) is 4.54. The van der Waals surface area contributed by atoms with E-state index in [1.54, 1.807) is 0 Å². The summed E-state index contributed by atoms with van der Waals surface area (Å²) in [6, 6.07) is 0.805. The summed E-state index contributed by atoms with van der Waals surface area (Å²) in [5, 5.41) is 8.75. The van der Waals surface area contributed by atoms with Gasteiger partial charge in [0.25, 0.3) is 0 Å². The molecule has 0 aliphatic heterocycles. The van der Waals surface area contributed by atoms with E-state index < -0.39 is 11.9 Å². The first-order chi connectivity index (χ1) is 8.05. The molecule has 0 aliphatic rings. The third kappa shape index (κ3) is 2.89. The molecule has 90 valence electrons. The smallest absolute Gasteiger partial charge is 0.347 e. The molecule has 2 aromatic heterocycles. The van der Waals surface area contributed by atoms with Crippen LogP contribution in [0.4, 0.5) is 19.1 Å². The highest BCUT2D eigenvalue weighted by atomic mass is 19.4. The van der Waals surface area contributed by atoms with Gasteiger partial charge in [-0.1, -0.05) is 0 Å². The van der Waals surface area contributed by atoms with Gasteiger partial charge in [0, 0.05) is 6.20 Å². The minimum Gasteiger partial charge on any atom is -0.347 e. The normalized spacial score (nSPS) is 11.5. The van der Waals surface area contributed by atoms with Gasteiger partial charge in [-0.15, -0.1) is 0 Å². The fourth-order valence-corrected chi connectivity index (χ4v) is 1.08. The lowest BCUT2D eigenvalue weighted by Gasteiger charge is -2.07. The quantitative estimate of drug-likeness (QED) is 0.848. The van der Waals surface area contributed by atoms with E-state index in [0.29, 0.717) is 5.82 Å². The fourth-order valence-electron chi connectivity index (χ4n) is 1.08. The molecule has 2 rings (SSSR count). The van der Waals surface area contributed by atoms with E-state index in [0.717, 1.165) is 12.3 Å². The van der Waals surface area contributed by atoms with Crippen molar-refractivity contribution in [2.45, 2.75) is 12.7 Å². The topological polar surface area (TPSA) is 79.4 Å². The summed E-state index contributed by atoms with van der Waals surface area (Å²) in [5.41, 5.74) is -0.993. The van der Waals surface area contributed by atoms with Crippen LogP contribution in [0.2, 0.25) is 0 Å². The number of hydrogen-bond donors (Lipinski definition) is 2. The van der Waals surface area contributed by atoms with E-state index in [1.807, 2.05) is 0 Å². The molecular formula is C8H7F3N6. The Morgan fingerprint density at radius 2 is 2.12 bits per heavy atom. The number of alkyl halides is 3. The van der Waals surface area contributed by atoms with Gasteiger partial charge in [0.05, 0.1) is 6.54 Å². The Hall–Kier alpha value is -2.19. The van der Waals surface area contributed by atoms with Crippen LogP contribution in [0.25, 0.3) is 0 Å². The van der Waals surface area contributed by atoms with E-state index in [2.05, 4.69) is 30.5 Å². The summed E-state index contributed by atoms with van der Waals surface area (Å²) in [4.78, 5) is 10.8. The number of rotatable bonds is 3. The maximum atomic E-state index is 12.3. The van der Waals surface area contributed by atoms with Crippen LogP contribution in [0.1, 0.15) is 11.5 Å². The van der Waals surface area contributed by atoms with Crippen LogP contribution in [0.5, 0.6) is 0 Å². The van der Waals surface area contributed by atoms with Crippen molar-refractivity contribution in [3.63, 3.8) is 0 Å². The summed E-state index contributed by atoms with van der Waals surface area (Å²) in [5.74, 6) is 0.363. The first kappa shape index (κ1) is 11.3. The maximum Gasteiger partial charge on any atom is 0.433 e. The Bertz CT molecular complexity index is 480. The largest absolute Gasteiger partial charge is 0.433 e. The third-order valence-electron chi connectivity index (χ3n) is 1.82. The number of aromatic nitrogens is 5. The zero-order valence-electron chi connectivity index (χ0n) is 8.36. The minimum absolute atomic E-state index is 0.115. The van der Waals surface area contributed by atoms with E-state index in [1.165, 1.54) is 6.33 Å². The molecule has 2 heterocycles. The van der Waals surface area contributed by atoms with Crippen LogP contribution >= 0.6 is 0 Å². The lowest BCUT2D eigenvalue weighted by Crippen LogP contribution is -2.11. The average molecular weight is 244 g/mol. The van der Waals surface area contributed by atoms with Crippen LogP contribution in [-0.4, -0.2) is 25.1 Å². The summed E-state index contributed by atoms with van der Waals surface area (Å²) in [7, 11) is 0. The van der Waals surface area contributed by atoms with Gasteiger partial charge < -0.3 is 5.32 Å². The molecule has 0 saturated heterocycles. The third-order valence-corrected chi connectivity index (χ3v) is 1.82. The zero-order chi connectivity index (χ0) is 12.3. The van der Waals surface area contributed by atoms with Gasteiger partial charge in [-0.2, -0.15) is 18.3 Å². The van der Waals surface area contributed by atoms with E-state index in [4.69, 9.17) is 0 Å². The molecule has 2 aromatic rings. The van der Waals surface area contributed by atoms with Crippen molar-refractivity contribution in [2.75, 3.05) is 5.32 Å². The molecule has 9 heteroatoms. The summed E-state index contributed by atoms with van der Waals surface area (Å²) >= 11 is 0. The second-order valence-electron chi connectivity index (χ2n) is 3.05. The molecule has 0 aromatic carbocycles. The van der Waals surface area contributed by atoms with Crippen molar-refractivity contribution in [1.82, 2.24) is 25.1 Å². The van der Waals surface area contributed by atoms with Crippen LogP contribution < -0.4 is 5.32 Å². The molecule has 2 N–H and O–H groups in total. The number of nitrogens with zero attached hydrogens (tertiary/aromatic N) is 4. The molecule has 0 radical (unpaired) electrons. The highest BCUT2D eigenvalue weighted by Gasteiger charge is 2.32. The minimum atomic E-state index is -4.48. The Labute approximate surface area is 93.3 Å². The van der Waals surface area contributed by atoms with Gasteiger partial charge in [-0.25, -0.2) is 15.0 Å².